The minimum Gasteiger partial charge on any atom is -0.493 e. The third kappa shape index (κ3) is 2.97. The van der Waals surface area contributed by atoms with E-state index in [2.05, 4.69) is 27.3 Å². The SMILES string of the molecule is CNC(Cc1ccc(Br)cc1F)C1COc2ccccc21. The van der Waals surface area contributed by atoms with Crippen molar-refractivity contribution >= 4 is 15.9 Å². The molecule has 0 aromatic heterocycles. The lowest BCUT2D eigenvalue weighted by molar-refractivity contribution is 0.301. The number of benzene rings is 2. The molecule has 21 heavy (non-hydrogen) atoms. The van der Waals surface area contributed by atoms with Gasteiger partial charge in [0, 0.05) is 22.0 Å². The molecule has 0 radical (unpaired) electrons. The van der Waals surface area contributed by atoms with Gasteiger partial charge in [0.1, 0.15) is 11.6 Å². The van der Waals surface area contributed by atoms with Crippen LogP contribution in [0.1, 0.15) is 17.0 Å². The van der Waals surface area contributed by atoms with Crippen molar-refractivity contribution in [3.05, 3.63) is 63.9 Å². The van der Waals surface area contributed by atoms with E-state index < -0.39 is 0 Å². The summed E-state index contributed by atoms with van der Waals surface area (Å²) in [6.07, 6.45) is 0.637. The van der Waals surface area contributed by atoms with Crippen molar-refractivity contribution in [1.29, 1.82) is 0 Å². The molecule has 110 valence electrons. The second kappa shape index (κ2) is 6.16. The van der Waals surface area contributed by atoms with E-state index in [9.17, 15) is 4.39 Å². The van der Waals surface area contributed by atoms with Crippen LogP contribution >= 0.6 is 15.9 Å². The summed E-state index contributed by atoms with van der Waals surface area (Å²) < 4.78 is 20.5. The van der Waals surface area contributed by atoms with E-state index in [1.165, 1.54) is 11.6 Å². The zero-order valence-electron chi connectivity index (χ0n) is 11.8. The first-order valence-electron chi connectivity index (χ1n) is 7.02. The molecule has 0 bridgehead atoms. The monoisotopic (exact) mass is 349 g/mol. The van der Waals surface area contributed by atoms with Crippen molar-refractivity contribution in [2.75, 3.05) is 13.7 Å². The lowest BCUT2D eigenvalue weighted by atomic mass is 9.89. The highest BCUT2D eigenvalue weighted by Gasteiger charge is 2.30. The second-order valence-electron chi connectivity index (χ2n) is 5.29. The van der Waals surface area contributed by atoms with Crippen molar-refractivity contribution in [2.24, 2.45) is 0 Å². The average Bonchev–Trinajstić information content (AvgIpc) is 2.91. The van der Waals surface area contributed by atoms with E-state index in [1.54, 1.807) is 0 Å². The third-order valence-corrected chi connectivity index (χ3v) is 4.54. The highest BCUT2D eigenvalue weighted by Crippen LogP contribution is 2.36. The van der Waals surface area contributed by atoms with Gasteiger partial charge in [0.2, 0.25) is 0 Å². The van der Waals surface area contributed by atoms with Crippen molar-refractivity contribution < 1.29 is 9.13 Å². The van der Waals surface area contributed by atoms with E-state index in [0.29, 0.717) is 13.0 Å². The lowest BCUT2D eigenvalue weighted by Crippen LogP contribution is -2.35. The normalized spacial score (nSPS) is 18.1. The quantitative estimate of drug-likeness (QED) is 0.903. The number of fused-ring (bicyclic) bond motifs is 1. The Balaban J connectivity index is 1.83. The summed E-state index contributed by atoms with van der Waals surface area (Å²) in [6.45, 7) is 0.642. The fraction of sp³-hybridized carbons (Fsp3) is 0.294. The molecule has 1 aliphatic rings. The Labute approximate surface area is 132 Å². The number of para-hydroxylation sites is 1. The lowest BCUT2D eigenvalue weighted by Gasteiger charge is -2.22. The molecular weight excluding hydrogens is 333 g/mol. The van der Waals surface area contributed by atoms with Gasteiger partial charge in [-0.05, 0) is 37.2 Å². The molecule has 0 saturated heterocycles. The number of rotatable bonds is 4. The Bertz CT molecular complexity index is 646. The molecule has 1 aliphatic heterocycles. The minimum absolute atomic E-state index is 0.143. The predicted molar refractivity (Wildman–Crippen MR) is 85.3 cm³/mol. The average molecular weight is 350 g/mol. The molecule has 4 heteroatoms. The number of nitrogens with one attached hydrogen (secondary N) is 1. The highest BCUT2D eigenvalue weighted by atomic mass is 79.9. The van der Waals surface area contributed by atoms with E-state index in [-0.39, 0.29) is 17.8 Å². The predicted octanol–water partition coefficient (Wildman–Crippen LogP) is 3.89. The van der Waals surface area contributed by atoms with Crippen molar-refractivity contribution in [1.82, 2.24) is 5.32 Å². The zero-order valence-corrected chi connectivity index (χ0v) is 13.4. The van der Waals surface area contributed by atoms with Crippen LogP contribution < -0.4 is 10.1 Å². The molecule has 1 heterocycles. The summed E-state index contributed by atoms with van der Waals surface area (Å²) in [5, 5.41) is 3.32. The molecule has 3 rings (SSSR count). The largest absolute Gasteiger partial charge is 0.493 e. The van der Waals surface area contributed by atoms with Crippen LogP contribution in [0, 0.1) is 5.82 Å². The zero-order chi connectivity index (χ0) is 14.8. The molecule has 0 fully saturated rings. The van der Waals surface area contributed by atoms with Crippen LogP contribution in [0.25, 0.3) is 0 Å². The molecule has 2 unspecified atom stereocenters. The van der Waals surface area contributed by atoms with Crippen LogP contribution in [0.5, 0.6) is 5.75 Å². The van der Waals surface area contributed by atoms with Crippen molar-refractivity contribution in [2.45, 2.75) is 18.4 Å². The van der Waals surface area contributed by atoms with Gasteiger partial charge in [0.05, 0.1) is 6.61 Å². The van der Waals surface area contributed by atoms with Gasteiger partial charge in [-0.15, -0.1) is 0 Å². The van der Waals surface area contributed by atoms with E-state index in [4.69, 9.17) is 4.74 Å². The third-order valence-electron chi connectivity index (χ3n) is 4.05. The number of halogens is 2. The van der Waals surface area contributed by atoms with Crippen molar-refractivity contribution in [3.8, 4) is 5.75 Å². The van der Waals surface area contributed by atoms with Crippen molar-refractivity contribution in [3.63, 3.8) is 0 Å². The maximum Gasteiger partial charge on any atom is 0.127 e. The minimum atomic E-state index is -0.170. The van der Waals surface area contributed by atoms with Gasteiger partial charge in [-0.2, -0.15) is 0 Å². The van der Waals surface area contributed by atoms with Crippen LogP contribution in [0.3, 0.4) is 0 Å². The molecule has 0 amide bonds. The Kier molecular flexibility index (Phi) is 4.27. The summed E-state index contributed by atoms with van der Waals surface area (Å²) >= 11 is 3.29. The van der Waals surface area contributed by atoms with Crippen LogP contribution in [0.2, 0.25) is 0 Å². The maximum atomic E-state index is 14.0. The van der Waals surface area contributed by atoms with Gasteiger partial charge in [-0.1, -0.05) is 40.2 Å². The first-order chi connectivity index (χ1) is 10.2. The summed E-state index contributed by atoms with van der Waals surface area (Å²) in [5.74, 6) is 1.02. The molecular formula is C17H17BrFNO. The fourth-order valence-electron chi connectivity index (χ4n) is 2.89. The maximum absolute atomic E-state index is 14.0. The van der Waals surface area contributed by atoms with E-state index in [0.717, 1.165) is 15.8 Å². The van der Waals surface area contributed by atoms with E-state index in [1.807, 2.05) is 37.4 Å². The number of ether oxygens (including phenoxy) is 1. The van der Waals surface area contributed by atoms with Gasteiger partial charge in [-0.25, -0.2) is 4.39 Å². The van der Waals surface area contributed by atoms with Gasteiger partial charge < -0.3 is 10.1 Å². The van der Waals surface area contributed by atoms with Gasteiger partial charge in [0.15, 0.2) is 0 Å². The molecule has 2 aromatic carbocycles. The smallest absolute Gasteiger partial charge is 0.127 e. The summed E-state index contributed by atoms with van der Waals surface area (Å²) in [5.41, 5.74) is 1.93. The van der Waals surface area contributed by atoms with Gasteiger partial charge in [-0.3, -0.25) is 0 Å². The van der Waals surface area contributed by atoms with E-state index >= 15 is 0 Å². The number of hydrogen-bond acceptors (Lipinski definition) is 2. The fourth-order valence-corrected chi connectivity index (χ4v) is 3.22. The summed E-state index contributed by atoms with van der Waals surface area (Å²) in [6, 6.07) is 13.5. The Morgan fingerprint density at radius 1 is 1.33 bits per heavy atom. The summed E-state index contributed by atoms with van der Waals surface area (Å²) in [4.78, 5) is 0. The molecule has 0 saturated carbocycles. The van der Waals surface area contributed by atoms with Gasteiger partial charge in [0.25, 0.3) is 0 Å². The molecule has 2 nitrogen and oxygen atoms in total. The standard InChI is InChI=1S/C17H17BrFNO/c1-20-16(8-11-6-7-12(18)9-15(11)19)14-10-21-17-5-3-2-4-13(14)17/h2-7,9,14,16,20H,8,10H2,1H3. The first-order valence-corrected chi connectivity index (χ1v) is 7.81. The van der Waals surface area contributed by atoms with Crippen LogP contribution in [0.4, 0.5) is 4.39 Å². The molecule has 0 aliphatic carbocycles. The second-order valence-corrected chi connectivity index (χ2v) is 6.21. The Hall–Kier alpha value is -1.39. The Morgan fingerprint density at radius 3 is 2.90 bits per heavy atom. The van der Waals surface area contributed by atoms with Crippen LogP contribution in [-0.4, -0.2) is 19.7 Å². The first kappa shape index (κ1) is 14.5. The molecule has 0 spiro atoms. The molecule has 1 N–H and O–H groups in total. The molecule has 2 atom stereocenters. The number of likely N-dealkylation sites (N-methyl/N-ethyl adjacent to an activating group) is 1. The topological polar surface area (TPSA) is 21.3 Å². The Morgan fingerprint density at radius 2 is 2.14 bits per heavy atom. The van der Waals surface area contributed by atoms with Gasteiger partial charge >= 0.3 is 0 Å². The molecule has 2 aromatic rings. The van der Waals surface area contributed by atoms with Crippen LogP contribution in [-0.2, 0) is 6.42 Å². The highest BCUT2D eigenvalue weighted by molar-refractivity contribution is 9.10. The van der Waals surface area contributed by atoms with Crippen LogP contribution in [0.15, 0.2) is 46.9 Å². The summed E-state index contributed by atoms with van der Waals surface area (Å²) in [7, 11) is 1.92. The number of hydrogen-bond donors (Lipinski definition) is 1.